The number of fused-ring (bicyclic) bond motifs is 1. The van der Waals surface area contributed by atoms with Gasteiger partial charge in [-0.25, -0.2) is 4.98 Å². The maximum Gasteiger partial charge on any atom is 0.0961 e. The highest BCUT2D eigenvalue weighted by atomic mass is 15.1. The Morgan fingerprint density at radius 1 is 1.28 bits per heavy atom. The summed E-state index contributed by atoms with van der Waals surface area (Å²) >= 11 is 0. The summed E-state index contributed by atoms with van der Waals surface area (Å²) in [6, 6.07) is 5.31. The predicted octanol–water partition coefficient (Wildman–Crippen LogP) is 3.21. The molecule has 0 aliphatic heterocycles. The first kappa shape index (κ1) is 13.1. The zero-order chi connectivity index (χ0) is 13.3. The smallest absolute Gasteiger partial charge is 0.0961 e. The molecule has 2 atom stereocenters. The van der Waals surface area contributed by atoms with Crippen LogP contribution in [-0.4, -0.2) is 22.6 Å². The van der Waals surface area contributed by atoms with Gasteiger partial charge in [-0.2, -0.15) is 0 Å². The summed E-state index contributed by atoms with van der Waals surface area (Å²) < 4.78 is 2.28. The molecule has 0 fully saturated rings. The predicted molar refractivity (Wildman–Crippen MR) is 77.1 cm³/mol. The quantitative estimate of drug-likeness (QED) is 0.896. The molecule has 0 saturated carbocycles. The van der Waals surface area contributed by atoms with Gasteiger partial charge in [0.05, 0.1) is 17.4 Å². The molecule has 1 heterocycles. The number of rotatable bonds is 4. The van der Waals surface area contributed by atoms with Crippen LogP contribution in [0.15, 0.2) is 18.5 Å². The van der Waals surface area contributed by atoms with Crippen molar-refractivity contribution < 1.29 is 0 Å². The summed E-state index contributed by atoms with van der Waals surface area (Å²) in [6.45, 7) is 8.76. The fourth-order valence-corrected chi connectivity index (χ4v) is 2.59. The summed E-state index contributed by atoms with van der Waals surface area (Å²) in [7, 11) is 2.03. The van der Waals surface area contributed by atoms with E-state index in [0.717, 1.165) is 11.9 Å². The number of benzene rings is 1. The van der Waals surface area contributed by atoms with E-state index < -0.39 is 0 Å². The molecule has 0 amide bonds. The Balaban J connectivity index is 2.48. The van der Waals surface area contributed by atoms with Crippen molar-refractivity contribution in [3.63, 3.8) is 0 Å². The van der Waals surface area contributed by atoms with Crippen molar-refractivity contribution in [3.8, 4) is 0 Å². The summed E-state index contributed by atoms with van der Waals surface area (Å²) in [5, 5.41) is 3.38. The minimum atomic E-state index is 0.409. The molecule has 2 rings (SSSR count). The van der Waals surface area contributed by atoms with E-state index in [9.17, 15) is 0 Å². The molecule has 2 unspecified atom stereocenters. The fourth-order valence-electron chi connectivity index (χ4n) is 2.59. The first-order valence-electron chi connectivity index (χ1n) is 6.69. The van der Waals surface area contributed by atoms with Crippen LogP contribution in [0.1, 0.15) is 37.4 Å². The summed E-state index contributed by atoms with van der Waals surface area (Å²) in [4.78, 5) is 4.53. The van der Waals surface area contributed by atoms with E-state index in [1.165, 1.54) is 16.6 Å². The van der Waals surface area contributed by atoms with E-state index in [1.807, 2.05) is 13.4 Å². The lowest BCUT2D eigenvalue weighted by molar-refractivity contribution is 0.388. The van der Waals surface area contributed by atoms with Gasteiger partial charge in [-0.1, -0.05) is 6.92 Å². The number of nitrogens with one attached hydrogen (secondary N) is 1. The number of nitrogens with zero attached hydrogens (tertiary/aromatic N) is 2. The van der Waals surface area contributed by atoms with Gasteiger partial charge in [0.2, 0.25) is 0 Å². The van der Waals surface area contributed by atoms with Crippen LogP contribution in [-0.2, 0) is 0 Å². The van der Waals surface area contributed by atoms with Crippen LogP contribution in [0, 0.1) is 13.8 Å². The van der Waals surface area contributed by atoms with Gasteiger partial charge in [-0.15, -0.1) is 0 Å². The topological polar surface area (TPSA) is 29.9 Å². The zero-order valence-electron chi connectivity index (χ0n) is 12.0. The number of aromatic nitrogens is 2. The minimum absolute atomic E-state index is 0.409. The molecule has 3 heteroatoms. The van der Waals surface area contributed by atoms with Crippen molar-refractivity contribution in [2.75, 3.05) is 7.05 Å². The molecule has 0 radical (unpaired) electrons. The van der Waals surface area contributed by atoms with Gasteiger partial charge >= 0.3 is 0 Å². The maximum absolute atomic E-state index is 4.53. The van der Waals surface area contributed by atoms with Crippen LogP contribution < -0.4 is 5.32 Å². The highest BCUT2D eigenvalue weighted by Gasteiger charge is 2.17. The number of aryl methyl sites for hydroxylation is 2. The molecular weight excluding hydrogens is 222 g/mol. The lowest BCUT2D eigenvalue weighted by atomic mass is 10.1. The highest BCUT2D eigenvalue weighted by molar-refractivity contribution is 5.77. The molecule has 18 heavy (non-hydrogen) atoms. The summed E-state index contributed by atoms with van der Waals surface area (Å²) in [5.41, 5.74) is 4.96. The van der Waals surface area contributed by atoms with Crippen molar-refractivity contribution in [2.45, 2.75) is 46.2 Å². The van der Waals surface area contributed by atoms with Gasteiger partial charge in [0.15, 0.2) is 0 Å². The van der Waals surface area contributed by atoms with E-state index in [4.69, 9.17) is 0 Å². The molecule has 0 saturated heterocycles. The Morgan fingerprint density at radius 2 is 1.94 bits per heavy atom. The minimum Gasteiger partial charge on any atom is -0.326 e. The second-order valence-corrected chi connectivity index (χ2v) is 5.12. The second kappa shape index (κ2) is 5.11. The second-order valence-electron chi connectivity index (χ2n) is 5.12. The first-order valence-corrected chi connectivity index (χ1v) is 6.69. The Kier molecular flexibility index (Phi) is 3.71. The molecule has 3 nitrogen and oxygen atoms in total. The molecule has 0 aliphatic carbocycles. The van der Waals surface area contributed by atoms with Gasteiger partial charge in [-0.3, -0.25) is 0 Å². The monoisotopic (exact) mass is 245 g/mol. The number of likely N-dealkylation sites (N-methyl/N-ethyl adjacent to an activating group) is 1. The summed E-state index contributed by atoms with van der Waals surface area (Å²) in [6.07, 6.45) is 3.08. The molecule has 1 aromatic heterocycles. The molecule has 0 bridgehead atoms. The van der Waals surface area contributed by atoms with Crippen molar-refractivity contribution in [2.24, 2.45) is 0 Å². The lowest BCUT2D eigenvalue weighted by Crippen LogP contribution is -2.32. The van der Waals surface area contributed by atoms with E-state index >= 15 is 0 Å². The third-order valence-corrected chi connectivity index (χ3v) is 4.02. The Hall–Kier alpha value is -1.35. The zero-order valence-corrected chi connectivity index (χ0v) is 12.0. The summed E-state index contributed by atoms with van der Waals surface area (Å²) in [5.74, 6) is 0. The van der Waals surface area contributed by atoms with Crippen LogP contribution in [0.5, 0.6) is 0 Å². The number of hydrogen-bond acceptors (Lipinski definition) is 2. The number of imidazole rings is 1. The number of hydrogen-bond donors (Lipinski definition) is 1. The highest BCUT2D eigenvalue weighted by Crippen LogP contribution is 2.23. The Bertz CT molecular complexity index is 538. The van der Waals surface area contributed by atoms with Crippen molar-refractivity contribution in [1.82, 2.24) is 14.9 Å². The van der Waals surface area contributed by atoms with Crippen LogP contribution >= 0.6 is 0 Å². The van der Waals surface area contributed by atoms with Crippen LogP contribution in [0.2, 0.25) is 0 Å². The van der Waals surface area contributed by atoms with Gasteiger partial charge < -0.3 is 9.88 Å². The van der Waals surface area contributed by atoms with Crippen molar-refractivity contribution in [3.05, 3.63) is 29.6 Å². The molecule has 1 N–H and O–H groups in total. The average molecular weight is 245 g/mol. The normalized spacial score (nSPS) is 14.9. The largest absolute Gasteiger partial charge is 0.326 e. The van der Waals surface area contributed by atoms with Crippen LogP contribution in [0.25, 0.3) is 11.0 Å². The molecule has 0 spiro atoms. The standard InChI is InChI=1S/C15H23N3/c1-6-13(16-5)12(4)18-9-17-14-7-10(2)11(3)8-15(14)18/h7-9,12-13,16H,6H2,1-5H3. The molecule has 0 aliphatic rings. The van der Waals surface area contributed by atoms with Gasteiger partial charge in [0.1, 0.15) is 0 Å². The SMILES string of the molecule is CCC(NC)C(C)n1cnc2cc(C)c(C)cc21. The van der Waals surface area contributed by atoms with E-state index in [1.54, 1.807) is 0 Å². The third-order valence-electron chi connectivity index (χ3n) is 4.02. The van der Waals surface area contributed by atoms with E-state index in [-0.39, 0.29) is 0 Å². The van der Waals surface area contributed by atoms with Gasteiger partial charge in [0.25, 0.3) is 0 Å². The fraction of sp³-hybridized carbons (Fsp3) is 0.533. The van der Waals surface area contributed by atoms with Crippen molar-refractivity contribution >= 4 is 11.0 Å². The maximum atomic E-state index is 4.53. The van der Waals surface area contributed by atoms with E-state index in [0.29, 0.717) is 12.1 Å². The first-order chi connectivity index (χ1) is 8.58. The molecule has 98 valence electrons. The van der Waals surface area contributed by atoms with Crippen LogP contribution in [0.4, 0.5) is 0 Å². The molecule has 1 aromatic carbocycles. The van der Waals surface area contributed by atoms with Gasteiger partial charge in [0, 0.05) is 12.1 Å². The Labute approximate surface area is 109 Å². The molecule has 2 aromatic rings. The third kappa shape index (κ3) is 2.15. The van der Waals surface area contributed by atoms with E-state index in [2.05, 4.69) is 54.7 Å². The average Bonchev–Trinajstić information content (AvgIpc) is 2.74. The molecular formula is C15H23N3. The van der Waals surface area contributed by atoms with Gasteiger partial charge in [-0.05, 0) is 57.5 Å². The van der Waals surface area contributed by atoms with Crippen molar-refractivity contribution in [1.29, 1.82) is 0 Å². The Morgan fingerprint density at radius 3 is 2.56 bits per heavy atom. The van der Waals surface area contributed by atoms with Crippen LogP contribution in [0.3, 0.4) is 0 Å². The lowest BCUT2D eigenvalue weighted by Gasteiger charge is -2.24.